The van der Waals surface area contributed by atoms with Crippen molar-refractivity contribution in [2.24, 2.45) is 5.41 Å². The molecule has 1 aliphatic heterocycles. The van der Waals surface area contributed by atoms with E-state index >= 15 is 0 Å². The van der Waals surface area contributed by atoms with Crippen molar-refractivity contribution in [1.29, 1.82) is 0 Å². The van der Waals surface area contributed by atoms with Crippen LogP contribution in [0, 0.1) is 5.41 Å². The zero-order valence-corrected chi connectivity index (χ0v) is 13.4. The highest BCUT2D eigenvalue weighted by Gasteiger charge is 2.24. The summed E-state index contributed by atoms with van der Waals surface area (Å²) in [5.74, 6) is 0.223. The maximum absolute atomic E-state index is 12.3. The lowest BCUT2D eigenvalue weighted by Crippen LogP contribution is -2.31. The largest absolute Gasteiger partial charge is 0.296 e. The van der Waals surface area contributed by atoms with Crippen molar-refractivity contribution in [1.82, 2.24) is 4.90 Å². The SMILES string of the molecule is CC1(C)CCCN(CC(=O)c2cccc(Br)c2)CC1. The Labute approximate surface area is 124 Å². The molecule has 0 saturated carbocycles. The zero-order chi connectivity index (χ0) is 13.9. The van der Waals surface area contributed by atoms with Crippen LogP contribution in [-0.4, -0.2) is 30.3 Å². The van der Waals surface area contributed by atoms with Crippen molar-refractivity contribution >= 4 is 21.7 Å². The fraction of sp³-hybridized carbons (Fsp3) is 0.562. The number of likely N-dealkylation sites (tertiary alicyclic amines) is 1. The highest BCUT2D eigenvalue weighted by atomic mass is 79.9. The van der Waals surface area contributed by atoms with Crippen molar-refractivity contribution in [2.45, 2.75) is 33.1 Å². The number of benzene rings is 1. The van der Waals surface area contributed by atoms with Crippen LogP contribution in [0.25, 0.3) is 0 Å². The van der Waals surface area contributed by atoms with E-state index in [0.29, 0.717) is 12.0 Å². The Bertz CT molecular complexity index is 456. The molecule has 0 bridgehead atoms. The third kappa shape index (κ3) is 4.43. The van der Waals surface area contributed by atoms with Gasteiger partial charge in [0.2, 0.25) is 0 Å². The number of carbonyl (C=O) groups is 1. The van der Waals surface area contributed by atoms with E-state index in [4.69, 9.17) is 0 Å². The fourth-order valence-electron chi connectivity index (χ4n) is 2.59. The molecule has 19 heavy (non-hydrogen) atoms. The number of hydrogen-bond donors (Lipinski definition) is 0. The maximum Gasteiger partial charge on any atom is 0.176 e. The first kappa shape index (κ1) is 14.7. The van der Waals surface area contributed by atoms with Crippen molar-refractivity contribution in [3.63, 3.8) is 0 Å². The van der Waals surface area contributed by atoms with Crippen LogP contribution < -0.4 is 0 Å². The van der Waals surface area contributed by atoms with E-state index in [9.17, 15) is 4.79 Å². The first-order valence-corrected chi connectivity index (χ1v) is 7.77. The van der Waals surface area contributed by atoms with E-state index in [1.165, 1.54) is 19.3 Å². The number of carbonyl (C=O) groups excluding carboxylic acids is 1. The predicted molar refractivity (Wildman–Crippen MR) is 82.5 cm³/mol. The van der Waals surface area contributed by atoms with Crippen molar-refractivity contribution in [3.05, 3.63) is 34.3 Å². The van der Waals surface area contributed by atoms with Gasteiger partial charge in [-0.3, -0.25) is 9.69 Å². The average molecular weight is 324 g/mol. The Morgan fingerprint density at radius 3 is 2.84 bits per heavy atom. The van der Waals surface area contributed by atoms with Gasteiger partial charge < -0.3 is 0 Å². The van der Waals surface area contributed by atoms with Crippen LogP contribution in [0.4, 0.5) is 0 Å². The molecule has 1 fully saturated rings. The lowest BCUT2D eigenvalue weighted by atomic mass is 9.85. The summed E-state index contributed by atoms with van der Waals surface area (Å²) in [5, 5.41) is 0. The second-order valence-electron chi connectivity index (χ2n) is 6.23. The topological polar surface area (TPSA) is 20.3 Å². The van der Waals surface area contributed by atoms with Crippen molar-refractivity contribution in [3.8, 4) is 0 Å². The molecular formula is C16H22BrNO. The van der Waals surface area contributed by atoms with Gasteiger partial charge in [0, 0.05) is 10.0 Å². The number of rotatable bonds is 3. The Morgan fingerprint density at radius 2 is 2.11 bits per heavy atom. The van der Waals surface area contributed by atoms with E-state index in [-0.39, 0.29) is 5.78 Å². The van der Waals surface area contributed by atoms with Crippen molar-refractivity contribution < 1.29 is 4.79 Å². The van der Waals surface area contributed by atoms with E-state index < -0.39 is 0 Å². The van der Waals surface area contributed by atoms with Gasteiger partial charge in [-0.05, 0) is 49.9 Å². The lowest BCUT2D eigenvalue weighted by Gasteiger charge is -2.22. The molecule has 0 spiro atoms. The number of Topliss-reactive ketones (excluding diaryl/α,β-unsaturated/α-hetero) is 1. The minimum atomic E-state index is 0.223. The zero-order valence-electron chi connectivity index (χ0n) is 11.8. The van der Waals surface area contributed by atoms with Crippen LogP contribution >= 0.6 is 15.9 Å². The Morgan fingerprint density at radius 1 is 1.32 bits per heavy atom. The van der Waals surface area contributed by atoms with Gasteiger partial charge in [0.15, 0.2) is 5.78 Å². The summed E-state index contributed by atoms with van der Waals surface area (Å²) in [6.45, 7) is 7.28. The van der Waals surface area contributed by atoms with Crippen LogP contribution in [0.1, 0.15) is 43.5 Å². The summed E-state index contributed by atoms with van der Waals surface area (Å²) in [5.41, 5.74) is 1.23. The minimum absolute atomic E-state index is 0.223. The molecule has 1 aliphatic rings. The van der Waals surface area contributed by atoms with E-state index in [2.05, 4.69) is 34.7 Å². The lowest BCUT2D eigenvalue weighted by molar-refractivity contribution is 0.0930. The third-order valence-electron chi connectivity index (χ3n) is 3.95. The quantitative estimate of drug-likeness (QED) is 0.779. The summed E-state index contributed by atoms with van der Waals surface area (Å²) in [6.07, 6.45) is 3.63. The average Bonchev–Trinajstić information content (AvgIpc) is 2.51. The van der Waals surface area contributed by atoms with Gasteiger partial charge in [0.05, 0.1) is 6.54 Å². The third-order valence-corrected chi connectivity index (χ3v) is 4.44. The number of ketones is 1. The number of halogens is 1. The number of hydrogen-bond acceptors (Lipinski definition) is 2. The fourth-order valence-corrected chi connectivity index (χ4v) is 2.99. The smallest absolute Gasteiger partial charge is 0.176 e. The molecule has 104 valence electrons. The highest BCUT2D eigenvalue weighted by Crippen LogP contribution is 2.29. The van der Waals surface area contributed by atoms with Crippen LogP contribution in [0.2, 0.25) is 0 Å². The minimum Gasteiger partial charge on any atom is -0.296 e. The molecule has 2 nitrogen and oxygen atoms in total. The van der Waals surface area contributed by atoms with Gasteiger partial charge >= 0.3 is 0 Å². The molecule has 3 heteroatoms. The van der Waals surface area contributed by atoms with Gasteiger partial charge in [-0.1, -0.05) is 41.9 Å². The summed E-state index contributed by atoms with van der Waals surface area (Å²) in [7, 11) is 0. The van der Waals surface area contributed by atoms with E-state index in [0.717, 1.165) is 23.1 Å². The predicted octanol–water partition coefficient (Wildman–Crippen LogP) is 4.14. The standard InChI is InChI=1S/C16H22BrNO/c1-16(2)7-4-9-18(10-8-16)12-15(19)13-5-3-6-14(17)11-13/h3,5-6,11H,4,7-10,12H2,1-2H3. The summed E-state index contributed by atoms with van der Waals surface area (Å²) < 4.78 is 0.968. The van der Waals surface area contributed by atoms with Gasteiger partial charge in [0.1, 0.15) is 0 Å². The van der Waals surface area contributed by atoms with Crippen LogP contribution in [0.15, 0.2) is 28.7 Å². The second-order valence-corrected chi connectivity index (χ2v) is 7.14. The molecule has 1 saturated heterocycles. The summed E-state index contributed by atoms with van der Waals surface area (Å²) >= 11 is 3.42. The molecule has 1 heterocycles. The van der Waals surface area contributed by atoms with Crippen molar-refractivity contribution in [2.75, 3.05) is 19.6 Å². The van der Waals surface area contributed by atoms with Gasteiger partial charge in [0.25, 0.3) is 0 Å². The molecule has 1 aromatic rings. The van der Waals surface area contributed by atoms with Gasteiger partial charge in [-0.2, -0.15) is 0 Å². The van der Waals surface area contributed by atoms with E-state index in [1.54, 1.807) is 0 Å². The molecule has 0 aliphatic carbocycles. The normalized spacial score (nSPS) is 19.9. The summed E-state index contributed by atoms with van der Waals surface area (Å²) in [6, 6.07) is 7.67. The molecule has 0 amide bonds. The first-order valence-electron chi connectivity index (χ1n) is 6.97. The van der Waals surface area contributed by atoms with E-state index in [1.807, 2.05) is 24.3 Å². The molecule has 0 radical (unpaired) electrons. The highest BCUT2D eigenvalue weighted by molar-refractivity contribution is 9.10. The second kappa shape index (κ2) is 6.19. The van der Waals surface area contributed by atoms with Crippen LogP contribution in [0.3, 0.4) is 0 Å². The molecule has 1 aromatic carbocycles. The molecule has 2 rings (SSSR count). The van der Waals surface area contributed by atoms with Gasteiger partial charge in [-0.15, -0.1) is 0 Å². The molecule has 0 atom stereocenters. The molecular weight excluding hydrogens is 302 g/mol. The Balaban J connectivity index is 1.96. The molecule has 0 N–H and O–H groups in total. The number of nitrogens with zero attached hydrogens (tertiary/aromatic N) is 1. The maximum atomic E-state index is 12.3. The Kier molecular flexibility index (Phi) is 4.80. The molecule has 0 unspecified atom stereocenters. The Hall–Kier alpha value is -0.670. The molecule has 0 aromatic heterocycles. The van der Waals surface area contributed by atoms with Crippen LogP contribution in [0.5, 0.6) is 0 Å². The van der Waals surface area contributed by atoms with Crippen LogP contribution in [-0.2, 0) is 0 Å². The summed E-state index contributed by atoms with van der Waals surface area (Å²) in [4.78, 5) is 14.6. The monoisotopic (exact) mass is 323 g/mol. The van der Waals surface area contributed by atoms with Gasteiger partial charge in [-0.25, -0.2) is 0 Å². The first-order chi connectivity index (χ1) is 8.96.